The Hall–Kier alpha value is -3.71. The molecule has 186 valence electrons. The summed E-state index contributed by atoms with van der Waals surface area (Å²) < 4.78 is 6.08. The summed E-state index contributed by atoms with van der Waals surface area (Å²) >= 11 is 1.45. The highest BCUT2D eigenvalue weighted by Gasteiger charge is 2.20. The first kappa shape index (κ1) is 25.4. The summed E-state index contributed by atoms with van der Waals surface area (Å²) in [5.41, 5.74) is 3.28. The molecular weight excluding hydrogens is 470 g/mol. The molecule has 4 rings (SSSR count). The Morgan fingerprint density at radius 1 is 0.917 bits per heavy atom. The zero-order valence-electron chi connectivity index (χ0n) is 20.4. The molecule has 7 heteroatoms. The van der Waals surface area contributed by atoms with Crippen LogP contribution in [0.1, 0.15) is 43.2 Å². The molecule has 0 fully saturated rings. The normalized spacial score (nSPS) is 10.9. The van der Waals surface area contributed by atoms with Gasteiger partial charge in [-0.2, -0.15) is 0 Å². The first-order chi connectivity index (χ1) is 17.6. The molecule has 0 bridgehead atoms. The Morgan fingerprint density at radius 3 is 2.19 bits per heavy atom. The number of nitrogens with zero attached hydrogens (tertiary/aromatic N) is 2. The van der Waals surface area contributed by atoms with Crippen molar-refractivity contribution < 1.29 is 14.3 Å². The number of hydrogen-bond donors (Lipinski definition) is 1. The average Bonchev–Trinajstić information content (AvgIpc) is 3.31. The number of carbonyl (C=O) groups is 2. The number of carbonyl (C=O) groups excluding carboxylic acids is 2. The van der Waals surface area contributed by atoms with Crippen LogP contribution in [0.3, 0.4) is 0 Å². The molecular formula is C29H31N3O3S. The van der Waals surface area contributed by atoms with E-state index < -0.39 is 0 Å². The summed E-state index contributed by atoms with van der Waals surface area (Å²) in [5.74, 6) is -0.0920. The monoisotopic (exact) mass is 501 g/mol. The van der Waals surface area contributed by atoms with Crippen LogP contribution in [0.15, 0.2) is 84.9 Å². The van der Waals surface area contributed by atoms with E-state index in [0.29, 0.717) is 31.2 Å². The number of urea groups is 1. The van der Waals surface area contributed by atoms with Crippen LogP contribution >= 0.6 is 11.3 Å². The van der Waals surface area contributed by atoms with Crippen LogP contribution in [0.25, 0.3) is 10.2 Å². The number of anilines is 1. The second-order valence-corrected chi connectivity index (χ2v) is 9.51. The van der Waals surface area contributed by atoms with Gasteiger partial charge in [0.15, 0.2) is 5.13 Å². The molecule has 1 N–H and O–H groups in total. The van der Waals surface area contributed by atoms with E-state index in [2.05, 4.69) is 34.6 Å². The molecule has 0 aliphatic rings. The number of esters is 1. The quantitative estimate of drug-likeness (QED) is 0.232. The zero-order valence-corrected chi connectivity index (χ0v) is 21.2. The van der Waals surface area contributed by atoms with Crippen molar-refractivity contribution in [1.29, 1.82) is 0 Å². The van der Waals surface area contributed by atoms with Gasteiger partial charge in [0.2, 0.25) is 0 Å². The fraction of sp³-hybridized carbons (Fsp3) is 0.276. The molecule has 0 saturated heterocycles. The van der Waals surface area contributed by atoms with Crippen LogP contribution in [0.5, 0.6) is 0 Å². The van der Waals surface area contributed by atoms with Crippen molar-refractivity contribution in [1.82, 2.24) is 9.88 Å². The molecule has 3 aromatic carbocycles. The van der Waals surface area contributed by atoms with Gasteiger partial charge in [-0.15, -0.1) is 0 Å². The molecule has 4 aromatic rings. The molecule has 0 unspecified atom stereocenters. The number of para-hydroxylation sites is 1. The summed E-state index contributed by atoms with van der Waals surface area (Å²) in [5, 5.41) is 3.55. The number of amides is 2. The van der Waals surface area contributed by atoms with Crippen LogP contribution in [-0.4, -0.2) is 41.6 Å². The van der Waals surface area contributed by atoms with E-state index >= 15 is 0 Å². The second-order valence-electron chi connectivity index (χ2n) is 8.48. The number of hydrogen-bond acceptors (Lipinski definition) is 5. The predicted molar refractivity (Wildman–Crippen MR) is 145 cm³/mol. The molecule has 1 aromatic heterocycles. The van der Waals surface area contributed by atoms with Crippen LogP contribution in [-0.2, 0) is 9.53 Å². The smallest absolute Gasteiger partial charge is 0.323 e. The minimum atomic E-state index is -0.240. The van der Waals surface area contributed by atoms with E-state index in [0.717, 1.165) is 16.6 Å². The van der Waals surface area contributed by atoms with Crippen LogP contribution in [0, 0.1) is 0 Å². The molecule has 0 aliphatic heterocycles. The van der Waals surface area contributed by atoms with Gasteiger partial charge in [0.25, 0.3) is 0 Å². The van der Waals surface area contributed by atoms with Crippen molar-refractivity contribution in [2.75, 3.05) is 25.0 Å². The lowest BCUT2D eigenvalue weighted by Gasteiger charge is -2.26. The SMILES string of the molecule is CCOC(=O)CCCN(CCC(c1ccccc1)c1ccccc1)C(=O)Nc1nc2ccccc2s1. The topological polar surface area (TPSA) is 71.5 Å². The van der Waals surface area contributed by atoms with Crippen molar-refractivity contribution in [3.63, 3.8) is 0 Å². The lowest BCUT2D eigenvalue weighted by Crippen LogP contribution is -2.37. The molecule has 0 radical (unpaired) electrons. The molecule has 1 heterocycles. The third kappa shape index (κ3) is 6.92. The number of benzene rings is 3. The second kappa shape index (κ2) is 12.8. The third-order valence-corrected chi connectivity index (χ3v) is 6.95. The highest BCUT2D eigenvalue weighted by molar-refractivity contribution is 7.22. The lowest BCUT2D eigenvalue weighted by atomic mass is 9.88. The number of aromatic nitrogens is 1. The Balaban J connectivity index is 1.49. The maximum Gasteiger partial charge on any atom is 0.323 e. The predicted octanol–water partition coefficient (Wildman–Crippen LogP) is 6.70. The molecule has 0 atom stereocenters. The fourth-order valence-corrected chi connectivity index (χ4v) is 5.10. The maximum atomic E-state index is 13.3. The third-order valence-electron chi connectivity index (χ3n) is 6.00. The highest BCUT2D eigenvalue weighted by atomic mass is 32.1. The number of fused-ring (bicyclic) bond motifs is 1. The summed E-state index contributed by atoms with van der Waals surface area (Å²) in [6.07, 6.45) is 1.56. The van der Waals surface area contributed by atoms with Crippen molar-refractivity contribution in [3.05, 3.63) is 96.1 Å². The summed E-state index contributed by atoms with van der Waals surface area (Å²) in [6.45, 7) is 3.14. The van der Waals surface area contributed by atoms with E-state index in [9.17, 15) is 9.59 Å². The molecule has 0 spiro atoms. The van der Waals surface area contributed by atoms with Gasteiger partial charge in [-0.3, -0.25) is 10.1 Å². The first-order valence-electron chi connectivity index (χ1n) is 12.3. The number of nitrogens with one attached hydrogen (secondary N) is 1. The summed E-state index contributed by atoms with van der Waals surface area (Å²) in [6, 6.07) is 28.3. The van der Waals surface area contributed by atoms with Crippen molar-refractivity contribution in [3.8, 4) is 0 Å². The van der Waals surface area contributed by atoms with Gasteiger partial charge in [-0.1, -0.05) is 84.1 Å². The van der Waals surface area contributed by atoms with E-state index in [1.807, 2.05) is 60.7 Å². The number of rotatable bonds is 11. The Bertz CT molecular complexity index is 1190. The highest BCUT2D eigenvalue weighted by Crippen LogP contribution is 2.29. The lowest BCUT2D eigenvalue weighted by molar-refractivity contribution is -0.143. The molecule has 36 heavy (non-hydrogen) atoms. The van der Waals surface area contributed by atoms with Gasteiger partial charge in [0.1, 0.15) is 0 Å². The van der Waals surface area contributed by atoms with Crippen LogP contribution in [0.4, 0.5) is 9.93 Å². The Morgan fingerprint density at radius 2 is 1.56 bits per heavy atom. The largest absolute Gasteiger partial charge is 0.466 e. The van der Waals surface area contributed by atoms with Gasteiger partial charge in [0.05, 0.1) is 16.8 Å². The average molecular weight is 502 g/mol. The molecule has 0 saturated carbocycles. The minimum Gasteiger partial charge on any atom is -0.466 e. The molecule has 0 aliphatic carbocycles. The molecule has 2 amide bonds. The summed E-state index contributed by atoms with van der Waals surface area (Å²) in [4.78, 5) is 31.5. The zero-order chi connectivity index (χ0) is 25.2. The van der Waals surface area contributed by atoms with E-state index in [-0.39, 0.29) is 24.3 Å². The van der Waals surface area contributed by atoms with Crippen molar-refractivity contribution in [2.24, 2.45) is 0 Å². The van der Waals surface area contributed by atoms with Crippen molar-refractivity contribution >= 4 is 38.7 Å². The number of thiazole rings is 1. The first-order valence-corrected chi connectivity index (χ1v) is 13.1. The number of ether oxygens (including phenoxy) is 1. The van der Waals surface area contributed by atoms with Crippen LogP contribution < -0.4 is 5.32 Å². The Kier molecular flexibility index (Phi) is 9.05. The standard InChI is InChI=1S/C29H31N3O3S/c1-2-35-27(33)18-11-20-32(29(34)31-28-30-25-16-9-10-17-26(25)36-28)21-19-24(22-12-5-3-6-13-22)23-14-7-4-8-15-23/h3-10,12-17,24H,2,11,18-21H2,1H3,(H,30,31,34). The van der Waals surface area contributed by atoms with Gasteiger partial charge < -0.3 is 9.64 Å². The molecule has 6 nitrogen and oxygen atoms in total. The van der Waals surface area contributed by atoms with Gasteiger partial charge in [0, 0.05) is 25.4 Å². The Labute approximate surface area is 215 Å². The van der Waals surface area contributed by atoms with Gasteiger partial charge >= 0.3 is 12.0 Å². The van der Waals surface area contributed by atoms with E-state index in [4.69, 9.17) is 4.74 Å². The van der Waals surface area contributed by atoms with E-state index in [1.54, 1.807) is 11.8 Å². The van der Waals surface area contributed by atoms with Gasteiger partial charge in [-0.25, -0.2) is 9.78 Å². The minimum absolute atomic E-state index is 0.148. The maximum absolute atomic E-state index is 13.3. The summed E-state index contributed by atoms with van der Waals surface area (Å²) in [7, 11) is 0. The van der Waals surface area contributed by atoms with Crippen LogP contribution in [0.2, 0.25) is 0 Å². The fourth-order valence-electron chi connectivity index (χ4n) is 4.24. The van der Waals surface area contributed by atoms with E-state index in [1.165, 1.54) is 22.5 Å². The van der Waals surface area contributed by atoms with Crippen molar-refractivity contribution in [2.45, 2.75) is 32.1 Å². The van der Waals surface area contributed by atoms with Gasteiger partial charge in [-0.05, 0) is 43.0 Å².